The number of hydrogen-bond acceptors (Lipinski definition) is 6. The van der Waals surface area contributed by atoms with Crippen LogP contribution in [0.3, 0.4) is 0 Å². The van der Waals surface area contributed by atoms with E-state index in [2.05, 4.69) is 10.3 Å². The zero-order valence-electron chi connectivity index (χ0n) is 10.8. The van der Waals surface area contributed by atoms with Crippen molar-refractivity contribution in [3.63, 3.8) is 0 Å². The molecule has 0 spiro atoms. The van der Waals surface area contributed by atoms with Crippen molar-refractivity contribution in [1.82, 2.24) is 4.98 Å². The average Bonchev–Trinajstić information content (AvgIpc) is 2.42. The monoisotopic (exact) mass is 267 g/mol. The van der Waals surface area contributed by atoms with Crippen molar-refractivity contribution in [2.75, 3.05) is 25.1 Å². The molecule has 1 aliphatic rings. The highest BCUT2D eigenvalue weighted by Gasteiger charge is 2.32. The van der Waals surface area contributed by atoms with E-state index in [-0.39, 0.29) is 12.3 Å². The second-order valence-corrected chi connectivity index (χ2v) is 4.79. The van der Waals surface area contributed by atoms with Crippen LogP contribution in [0.4, 0.5) is 11.5 Å². The molecule has 2 rings (SSSR count). The summed E-state index contributed by atoms with van der Waals surface area (Å²) < 4.78 is 5.27. The van der Waals surface area contributed by atoms with E-state index in [4.69, 9.17) is 4.74 Å². The fourth-order valence-electron chi connectivity index (χ4n) is 2.13. The van der Waals surface area contributed by atoms with Crippen LogP contribution in [0.15, 0.2) is 12.3 Å². The summed E-state index contributed by atoms with van der Waals surface area (Å²) in [5.74, 6) is 0.410. The van der Waals surface area contributed by atoms with Crippen molar-refractivity contribution in [1.29, 1.82) is 0 Å². The molecule has 0 aromatic carbocycles. The largest absolute Gasteiger partial charge is 0.394 e. The number of aromatic nitrogens is 1. The maximum atomic E-state index is 10.9. The van der Waals surface area contributed by atoms with Gasteiger partial charge in [0.1, 0.15) is 5.82 Å². The Morgan fingerprint density at radius 2 is 2.26 bits per heavy atom. The van der Waals surface area contributed by atoms with Crippen LogP contribution in [0.1, 0.15) is 18.4 Å². The quantitative estimate of drug-likeness (QED) is 0.629. The molecule has 0 unspecified atom stereocenters. The molecule has 0 amide bonds. The molecule has 1 aromatic heterocycles. The lowest BCUT2D eigenvalue weighted by molar-refractivity contribution is -0.385. The van der Waals surface area contributed by atoms with Crippen LogP contribution in [0.5, 0.6) is 0 Å². The zero-order valence-corrected chi connectivity index (χ0v) is 10.8. The molecule has 1 saturated heterocycles. The SMILES string of the molecule is Cc1cnc(NC2(CO)CCOCC2)cc1[N+](=O)[O-]. The van der Waals surface area contributed by atoms with Gasteiger partial charge in [0.05, 0.1) is 23.1 Å². The Balaban J connectivity index is 2.22. The van der Waals surface area contributed by atoms with E-state index in [0.717, 1.165) is 0 Å². The molecule has 7 heteroatoms. The molecule has 0 atom stereocenters. The molecule has 104 valence electrons. The van der Waals surface area contributed by atoms with Gasteiger partial charge in [0, 0.05) is 25.0 Å². The molecule has 0 aliphatic carbocycles. The lowest BCUT2D eigenvalue weighted by Gasteiger charge is -2.36. The van der Waals surface area contributed by atoms with Crippen molar-refractivity contribution >= 4 is 11.5 Å². The first-order chi connectivity index (χ1) is 9.06. The number of aliphatic hydroxyl groups is 1. The molecule has 0 radical (unpaired) electrons. The molecule has 2 heterocycles. The lowest BCUT2D eigenvalue weighted by Crippen LogP contribution is -2.47. The van der Waals surface area contributed by atoms with Crippen LogP contribution >= 0.6 is 0 Å². The van der Waals surface area contributed by atoms with Gasteiger partial charge in [0.2, 0.25) is 0 Å². The van der Waals surface area contributed by atoms with Crippen molar-refractivity contribution in [2.45, 2.75) is 25.3 Å². The lowest BCUT2D eigenvalue weighted by atomic mass is 9.91. The van der Waals surface area contributed by atoms with Crippen LogP contribution in [0.2, 0.25) is 0 Å². The number of nitrogens with zero attached hydrogens (tertiary/aromatic N) is 2. The Hall–Kier alpha value is -1.73. The Bertz CT molecular complexity index is 472. The highest BCUT2D eigenvalue weighted by Crippen LogP contribution is 2.27. The Morgan fingerprint density at radius 1 is 1.58 bits per heavy atom. The first kappa shape index (κ1) is 13.7. The van der Waals surface area contributed by atoms with Gasteiger partial charge in [-0.05, 0) is 19.8 Å². The summed E-state index contributed by atoms with van der Waals surface area (Å²) in [4.78, 5) is 14.6. The van der Waals surface area contributed by atoms with Gasteiger partial charge in [-0.2, -0.15) is 0 Å². The van der Waals surface area contributed by atoms with E-state index in [1.54, 1.807) is 6.92 Å². The minimum Gasteiger partial charge on any atom is -0.394 e. The number of ether oxygens (including phenoxy) is 1. The van der Waals surface area contributed by atoms with Gasteiger partial charge < -0.3 is 15.2 Å². The van der Waals surface area contributed by atoms with Crippen molar-refractivity contribution in [2.24, 2.45) is 0 Å². The third-order valence-electron chi connectivity index (χ3n) is 3.42. The molecular weight excluding hydrogens is 250 g/mol. The highest BCUT2D eigenvalue weighted by molar-refractivity contribution is 5.50. The van der Waals surface area contributed by atoms with E-state index < -0.39 is 10.5 Å². The molecule has 0 saturated carbocycles. The molecule has 1 fully saturated rings. The third-order valence-corrected chi connectivity index (χ3v) is 3.42. The summed E-state index contributed by atoms with van der Waals surface area (Å²) in [5.41, 5.74) is 0.0344. The fraction of sp³-hybridized carbons (Fsp3) is 0.583. The highest BCUT2D eigenvalue weighted by atomic mass is 16.6. The van der Waals surface area contributed by atoms with Gasteiger partial charge in [-0.15, -0.1) is 0 Å². The van der Waals surface area contributed by atoms with Crippen LogP contribution in [0, 0.1) is 17.0 Å². The summed E-state index contributed by atoms with van der Waals surface area (Å²) in [6, 6.07) is 1.40. The van der Waals surface area contributed by atoms with Crippen LogP contribution < -0.4 is 5.32 Å². The van der Waals surface area contributed by atoms with Crippen LogP contribution in [-0.4, -0.2) is 40.4 Å². The van der Waals surface area contributed by atoms with E-state index >= 15 is 0 Å². The number of nitro groups is 1. The zero-order chi connectivity index (χ0) is 13.9. The van der Waals surface area contributed by atoms with Crippen molar-refractivity contribution < 1.29 is 14.8 Å². The summed E-state index contributed by atoms with van der Waals surface area (Å²) in [7, 11) is 0. The van der Waals surface area contributed by atoms with Crippen LogP contribution in [0.25, 0.3) is 0 Å². The third kappa shape index (κ3) is 2.99. The van der Waals surface area contributed by atoms with Crippen molar-refractivity contribution in [3.8, 4) is 0 Å². The minimum absolute atomic E-state index is 0.0256. The number of nitrogens with one attached hydrogen (secondary N) is 1. The van der Waals surface area contributed by atoms with Gasteiger partial charge in [0.15, 0.2) is 0 Å². The second kappa shape index (κ2) is 5.50. The normalized spacial score (nSPS) is 18.0. The van der Waals surface area contributed by atoms with E-state index in [1.807, 2.05) is 0 Å². The maximum absolute atomic E-state index is 10.9. The van der Waals surface area contributed by atoms with Crippen molar-refractivity contribution in [3.05, 3.63) is 27.9 Å². The first-order valence-electron chi connectivity index (χ1n) is 6.14. The predicted molar refractivity (Wildman–Crippen MR) is 69.1 cm³/mol. The number of aryl methyl sites for hydroxylation is 1. The van der Waals surface area contributed by atoms with Gasteiger partial charge in [-0.25, -0.2) is 4.98 Å². The number of aliphatic hydroxyl groups excluding tert-OH is 1. The van der Waals surface area contributed by atoms with Gasteiger partial charge in [0.25, 0.3) is 5.69 Å². The van der Waals surface area contributed by atoms with E-state index in [0.29, 0.717) is 37.4 Å². The molecule has 19 heavy (non-hydrogen) atoms. The number of rotatable bonds is 4. The number of pyridine rings is 1. The number of anilines is 1. The molecule has 2 N–H and O–H groups in total. The van der Waals surface area contributed by atoms with E-state index in [9.17, 15) is 15.2 Å². The summed E-state index contributed by atoms with van der Waals surface area (Å²) in [5, 5.41) is 23.6. The summed E-state index contributed by atoms with van der Waals surface area (Å²) in [6.07, 6.45) is 2.75. The summed E-state index contributed by atoms with van der Waals surface area (Å²) >= 11 is 0. The van der Waals surface area contributed by atoms with Crippen LogP contribution in [-0.2, 0) is 4.74 Å². The Labute approximate surface area is 110 Å². The smallest absolute Gasteiger partial charge is 0.277 e. The first-order valence-corrected chi connectivity index (χ1v) is 6.14. The Morgan fingerprint density at radius 3 is 2.84 bits per heavy atom. The molecule has 1 aliphatic heterocycles. The minimum atomic E-state index is -0.506. The fourth-order valence-corrected chi connectivity index (χ4v) is 2.13. The van der Waals surface area contributed by atoms with Gasteiger partial charge >= 0.3 is 0 Å². The predicted octanol–water partition coefficient (Wildman–Crippen LogP) is 1.25. The standard InChI is InChI=1S/C12H17N3O4/c1-9-7-13-11(6-10(9)15(17)18)14-12(8-16)2-4-19-5-3-12/h6-7,16H,2-5,8H2,1H3,(H,13,14). The van der Waals surface area contributed by atoms with E-state index in [1.165, 1.54) is 12.3 Å². The summed E-state index contributed by atoms with van der Waals surface area (Å²) in [6.45, 7) is 2.70. The van der Waals surface area contributed by atoms with Gasteiger partial charge in [-0.3, -0.25) is 10.1 Å². The molecule has 0 bridgehead atoms. The van der Waals surface area contributed by atoms with Gasteiger partial charge in [-0.1, -0.05) is 0 Å². The molecule has 1 aromatic rings. The Kier molecular flexibility index (Phi) is 3.96. The second-order valence-electron chi connectivity index (χ2n) is 4.79. The number of hydrogen-bond donors (Lipinski definition) is 2. The maximum Gasteiger partial charge on any atom is 0.277 e. The molecular formula is C12H17N3O4. The molecule has 7 nitrogen and oxygen atoms in total. The average molecular weight is 267 g/mol. The topological polar surface area (TPSA) is 97.5 Å².